The number of hydrogen-bond acceptors (Lipinski definition) is 3. The smallest absolute Gasteiger partial charge is 0.142 e. The lowest BCUT2D eigenvalue weighted by atomic mass is 10.2. The van der Waals surface area contributed by atoms with Crippen molar-refractivity contribution in [1.82, 2.24) is 0 Å². The van der Waals surface area contributed by atoms with E-state index in [0.717, 1.165) is 27.6 Å². The molecule has 2 rings (SSSR count). The summed E-state index contributed by atoms with van der Waals surface area (Å²) in [6.07, 6.45) is 0. The van der Waals surface area contributed by atoms with E-state index in [4.69, 9.17) is 21.1 Å². The Morgan fingerprint density at radius 2 is 1.95 bits per heavy atom. The maximum Gasteiger partial charge on any atom is 0.142 e. The van der Waals surface area contributed by atoms with Crippen LogP contribution in [0.25, 0.3) is 0 Å². The number of nitrogens with one attached hydrogen (secondary N) is 1. The highest BCUT2D eigenvalue weighted by atomic mass is 35.5. The van der Waals surface area contributed by atoms with Crippen molar-refractivity contribution in [2.75, 3.05) is 25.6 Å². The van der Waals surface area contributed by atoms with Gasteiger partial charge in [0.25, 0.3) is 0 Å². The fourth-order valence-corrected chi connectivity index (χ4v) is 2.19. The molecule has 0 amide bonds. The molecule has 0 atom stereocenters. The van der Waals surface area contributed by atoms with Gasteiger partial charge >= 0.3 is 0 Å². The van der Waals surface area contributed by atoms with E-state index < -0.39 is 0 Å². The third kappa shape index (κ3) is 4.96. The van der Waals surface area contributed by atoms with Crippen LogP contribution in [0.4, 0.5) is 5.69 Å². The van der Waals surface area contributed by atoms with Crippen LogP contribution in [0, 0.1) is 6.92 Å². The molecule has 2 aromatic carbocycles. The minimum atomic E-state index is 0.534. The second-order valence-corrected chi connectivity index (χ2v) is 5.26. The van der Waals surface area contributed by atoms with E-state index in [2.05, 4.69) is 11.4 Å². The summed E-state index contributed by atoms with van der Waals surface area (Å²) in [6.45, 7) is 3.85. The second kappa shape index (κ2) is 7.91. The van der Waals surface area contributed by atoms with E-state index in [1.54, 1.807) is 7.11 Å². The summed E-state index contributed by atoms with van der Waals surface area (Å²) in [5, 5.41) is 4.13. The van der Waals surface area contributed by atoms with Gasteiger partial charge in [-0.05, 0) is 42.3 Å². The SMILES string of the molecule is COCCOc1cc(C)ccc1NCc1cccc(Cl)c1. The van der Waals surface area contributed by atoms with Crippen LogP contribution in [0.3, 0.4) is 0 Å². The van der Waals surface area contributed by atoms with Gasteiger partial charge in [0.05, 0.1) is 12.3 Å². The van der Waals surface area contributed by atoms with Crippen LogP contribution in [0.15, 0.2) is 42.5 Å². The Balaban J connectivity index is 2.04. The zero-order valence-corrected chi connectivity index (χ0v) is 13.1. The second-order valence-electron chi connectivity index (χ2n) is 4.82. The summed E-state index contributed by atoms with van der Waals surface area (Å²) >= 11 is 6.00. The predicted molar refractivity (Wildman–Crippen MR) is 87.3 cm³/mol. The first-order valence-corrected chi connectivity index (χ1v) is 7.27. The number of methoxy groups -OCH3 is 1. The molecule has 4 heteroatoms. The van der Waals surface area contributed by atoms with E-state index in [1.165, 1.54) is 0 Å². The third-order valence-electron chi connectivity index (χ3n) is 3.05. The summed E-state index contributed by atoms with van der Waals surface area (Å²) in [7, 11) is 1.66. The van der Waals surface area contributed by atoms with Gasteiger partial charge in [0.2, 0.25) is 0 Å². The van der Waals surface area contributed by atoms with Crippen molar-refractivity contribution in [1.29, 1.82) is 0 Å². The van der Waals surface area contributed by atoms with E-state index in [-0.39, 0.29) is 0 Å². The van der Waals surface area contributed by atoms with Crippen LogP contribution < -0.4 is 10.1 Å². The summed E-state index contributed by atoms with van der Waals surface area (Å²) in [5.74, 6) is 0.842. The van der Waals surface area contributed by atoms with E-state index in [0.29, 0.717) is 19.8 Å². The summed E-state index contributed by atoms with van der Waals surface area (Å²) in [5.41, 5.74) is 3.26. The highest BCUT2D eigenvalue weighted by Crippen LogP contribution is 2.26. The maximum atomic E-state index is 6.00. The number of aryl methyl sites for hydroxylation is 1. The average molecular weight is 306 g/mol. The molecule has 0 bridgehead atoms. The number of benzene rings is 2. The summed E-state index contributed by atoms with van der Waals surface area (Å²) < 4.78 is 10.8. The molecule has 0 fully saturated rings. The largest absolute Gasteiger partial charge is 0.489 e. The lowest BCUT2D eigenvalue weighted by Crippen LogP contribution is -2.07. The Morgan fingerprint density at radius 1 is 1.10 bits per heavy atom. The molecule has 0 radical (unpaired) electrons. The van der Waals surface area contributed by atoms with Gasteiger partial charge in [-0.2, -0.15) is 0 Å². The lowest BCUT2D eigenvalue weighted by molar-refractivity contribution is 0.146. The minimum Gasteiger partial charge on any atom is -0.489 e. The standard InChI is InChI=1S/C17H20ClNO2/c1-13-6-7-16(17(10-13)21-9-8-20-2)19-12-14-4-3-5-15(18)11-14/h3-7,10-11,19H,8-9,12H2,1-2H3. The molecule has 0 saturated heterocycles. The van der Waals surface area contributed by atoms with Crippen molar-refractivity contribution >= 4 is 17.3 Å². The van der Waals surface area contributed by atoms with Gasteiger partial charge in [0.1, 0.15) is 12.4 Å². The van der Waals surface area contributed by atoms with Gasteiger partial charge < -0.3 is 14.8 Å². The number of hydrogen-bond donors (Lipinski definition) is 1. The maximum absolute atomic E-state index is 6.00. The fraction of sp³-hybridized carbons (Fsp3) is 0.294. The highest BCUT2D eigenvalue weighted by Gasteiger charge is 2.04. The van der Waals surface area contributed by atoms with Gasteiger partial charge in [0, 0.05) is 18.7 Å². The first-order valence-electron chi connectivity index (χ1n) is 6.90. The Morgan fingerprint density at radius 3 is 2.71 bits per heavy atom. The molecule has 21 heavy (non-hydrogen) atoms. The minimum absolute atomic E-state index is 0.534. The predicted octanol–water partition coefficient (Wildman–Crippen LogP) is 4.29. The van der Waals surface area contributed by atoms with E-state index in [9.17, 15) is 0 Å². The van der Waals surface area contributed by atoms with E-state index in [1.807, 2.05) is 43.3 Å². The van der Waals surface area contributed by atoms with Crippen molar-refractivity contribution in [3.05, 3.63) is 58.6 Å². The Kier molecular flexibility index (Phi) is 5.90. The Hall–Kier alpha value is -1.71. The first-order chi connectivity index (χ1) is 10.2. The van der Waals surface area contributed by atoms with Crippen molar-refractivity contribution in [2.24, 2.45) is 0 Å². The number of ether oxygens (including phenoxy) is 2. The molecule has 112 valence electrons. The van der Waals surface area contributed by atoms with Crippen molar-refractivity contribution in [3.8, 4) is 5.75 Å². The van der Waals surface area contributed by atoms with Crippen LogP contribution in [0.2, 0.25) is 5.02 Å². The van der Waals surface area contributed by atoms with Crippen LogP contribution in [-0.2, 0) is 11.3 Å². The quantitative estimate of drug-likeness (QED) is 0.774. The summed E-state index contributed by atoms with van der Waals surface area (Å²) in [6, 6.07) is 13.9. The van der Waals surface area contributed by atoms with Gasteiger partial charge in [-0.1, -0.05) is 29.8 Å². The molecule has 0 aliphatic carbocycles. The molecule has 0 saturated carbocycles. The van der Waals surface area contributed by atoms with Crippen molar-refractivity contribution in [3.63, 3.8) is 0 Å². The van der Waals surface area contributed by atoms with Gasteiger partial charge in [-0.15, -0.1) is 0 Å². The van der Waals surface area contributed by atoms with Gasteiger partial charge in [-0.25, -0.2) is 0 Å². The molecular formula is C17H20ClNO2. The Labute approximate surface area is 130 Å². The highest BCUT2D eigenvalue weighted by molar-refractivity contribution is 6.30. The average Bonchev–Trinajstić information content (AvgIpc) is 2.47. The molecule has 3 nitrogen and oxygen atoms in total. The van der Waals surface area contributed by atoms with Crippen molar-refractivity contribution < 1.29 is 9.47 Å². The zero-order chi connectivity index (χ0) is 15.1. The molecule has 0 aliphatic rings. The monoisotopic (exact) mass is 305 g/mol. The van der Waals surface area contributed by atoms with Crippen LogP contribution in [-0.4, -0.2) is 20.3 Å². The zero-order valence-electron chi connectivity index (χ0n) is 12.4. The van der Waals surface area contributed by atoms with Crippen LogP contribution in [0.1, 0.15) is 11.1 Å². The molecular weight excluding hydrogens is 286 g/mol. The van der Waals surface area contributed by atoms with Gasteiger partial charge in [-0.3, -0.25) is 0 Å². The Bertz CT molecular complexity index is 587. The molecule has 1 N–H and O–H groups in total. The molecule has 2 aromatic rings. The van der Waals surface area contributed by atoms with Gasteiger partial charge in [0.15, 0.2) is 0 Å². The van der Waals surface area contributed by atoms with Crippen LogP contribution in [0.5, 0.6) is 5.75 Å². The van der Waals surface area contributed by atoms with E-state index >= 15 is 0 Å². The number of rotatable bonds is 7. The van der Waals surface area contributed by atoms with Crippen LogP contribution >= 0.6 is 11.6 Å². The number of anilines is 1. The van der Waals surface area contributed by atoms with Crippen molar-refractivity contribution in [2.45, 2.75) is 13.5 Å². The number of halogens is 1. The molecule has 0 spiro atoms. The molecule has 0 aromatic heterocycles. The fourth-order valence-electron chi connectivity index (χ4n) is 1.97. The lowest BCUT2D eigenvalue weighted by Gasteiger charge is -2.14. The molecule has 0 aliphatic heterocycles. The topological polar surface area (TPSA) is 30.5 Å². The third-order valence-corrected chi connectivity index (χ3v) is 3.29. The first kappa shape index (κ1) is 15.7. The normalized spacial score (nSPS) is 10.4. The summed E-state index contributed by atoms with van der Waals surface area (Å²) in [4.78, 5) is 0. The molecule has 0 unspecified atom stereocenters. The molecule has 0 heterocycles.